The summed E-state index contributed by atoms with van der Waals surface area (Å²) in [5.74, 6) is 0. The lowest BCUT2D eigenvalue weighted by atomic mass is 10.3. The number of hydrogen-bond donors (Lipinski definition) is 1. The van der Waals surface area contributed by atoms with Crippen molar-refractivity contribution in [3.63, 3.8) is 0 Å². The minimum absolute atomic E-state index is 0.918. The van der Waals surface area contributed by atoms with E-state index >= 15 is 0 Å². The maximum absolute atomic E-state index is 4.13. The molecular formula is C9H13N3. The largest absolute Gasteiger partial charge is 0.277 e. The predicted molar refractivity (Wildman–Crippen MR) is 51.4 cm³/mol. The van der Waals surface area contributed by atoms with Gasteiger partial charge in [0.25, 0.3) is 0 Å². The molecule has 0 saturated heterocycles. The van der Waals surface area contributed by atoms with Crippen LogP contribution in [-0.4, -0.2) is 10.7 Å². The van der Waals surface area contributed by atoms with Gasteiger partial charge in [0.1, 0.15) is 0 Å². The summed E-state index contributed by atoms with van der Waals surface area (Å²) >= 11 is 0. The molecule has 12 heavy (non-hydrogen) atoms. The van der Waals surface area contributed by atoms with Crippen LogP contribution in [0.4, 0.5) is 5.69 Å². The molecule has 1 aromatic rings. The van der Waals surface area contributed by atoms with Gasteiger partial charge < -0.3 is 0 Å². The lowest BCUT2D eigenvalue weighted by Gasteiger charge is -1.99. The SMILES string of the molecule is CC(C)=NNc1ccc(C)nc1. The van der Waals surface area contributed by atoms with Crippen molar-refractivity contribution >= 4 is 11.4 Å². The van der Waals surface area contributed by atoms with Crippen LogP contribution in [0.25, 0.3) is 0 Å². The third kappa shape index (κ3) is 2.70. The van der Waals surface area contributed by atoms with E-state index in [0.29, 0.717) is 0 Å². The zero-order valence-corrected chi connectivity index (χ0v) is 7.63. The average Bonchev–Trinajstić information content (AvgIpc) is 2.03. The maximum atomic E-state index is 4.13. The molecule has 0 aliphatic heterocycles. The van der Waals surface area contributed by atoms with Crippen LogP contribution in [0.5, 0.6) is 0 Å². The van der Waals surface area contributed by atoms with Gasteiger partial charge in [-0.3, -0.25) is 10.4 Å². The number of nitrogens with one attached hydrogen (secondary N) is 1. The highest BCUT2D eigenvalue weighted by atomic mass is 15.3. The number of anilines is 1. The van der Waals surface area contributed by atoms with Crippen LogP contribution in [0.1, 0.15) is 19.5 Å². The normalized spacial score (nSPS) is 9.25. The van der Waals surface area contributed by atoms with Gasteiger partial charge >= 0.3 is 0 Å². The summed E-state index contributed by atoms with van der Waals surface area (Å²) in [7, 11) is 0. The molecule has 1 N–H and O–H groups in total. The molecule has 0 amide bonds. The van der Waals surface area contributed by atoms with Crippen LogP contribution in [-0.2, 0) is 0 Å². The Bertz CT molecular complexity index is 270. The summed E-state index contributed by atoms with van der Waals surface area (Å²) in [6, 6.07) is 3.90. The van der Waals surface area contributed by atoms with E-state index in [1.54, 1.807) is 6.20 Å². The Balaban J connectivity index is 2.65. The first kappa shape index (κ1) is 8.71. The van der Waals surface area contributed by atoms with Crippen molar-refractivity contribution in [2.45, 2.75) is 20.8 Å². The monoisotopic (exact) mass is 163 g/mol. The van der Waals surface area contributed by atoms with E-state index in [9.17, 15) is 0 Å². The van der Waals surface area contributed by atoms with E-state index in [2.05, 4.69) is 15.5 Å². The standard InChI is InChI=1S/C9H13N3/c1-7(2)11-12-9-5-4-8(3)10-6-9/h4-6,12H,1-3H3. The maximum Gasteiger partial charge on any atom is 0.0745 e. The zero-order chi connectivity index (χ0) is 8.97. The number of aryl methyl sites for hydroxylation is 1. The fourth-order valence-corrected chi connectivity index (χ4v) is 0.710. The Hall–Kier alpha value is -1.38. The molecule has 0 atom stereocenters. The first-order valence-electron chi connectivity index (χ1n) is 3.88. The number of hydrazone groups is 1. The van der Waals surface area contributed by atoms with Crippen LogP contribution in [0.15, 0.2) is 23.4 Å². The van der Waals surface area contributed by atoms with Gasteiger partial charge in [0.15, 0.2) is 0 Å². The minimum Gasteiger partial charge on any atom is -0.277 e. The number of pyridine rings is 1. The molecule has 64 valence electrons. The molecule has 0 aliphatic carbocycles. The topological polar surface area (TPSA) is 37.3 Å². The van der Waals surface area contributed by atoms with E-state index in [1.165, 1.54) is 0 Å². The van der Waals surface area contributed by atoms with Crippen molar-refractivity contribution in [3.8, 4) is 0 Å². The first-order valence-corrected chi connectivity index (χ1v) is 3.88. The molecule has 1 heterocycles. The van der Waals surface area contributed by atoms with Gasteiger partial charge in [0.2, 0.25) is 0 Å². The van der Waals surface area contributed by atoms with Crippen LogP contribution >= 0.6 is 0 Å². The van der Waals surface area contributed by atoms with Crippen LogP contribution in [0, 0.1) is 6.92 Å². The number of nitrogens with zero attached hydrogens (tertiary/aromatic N) is 2. The molecule has 3 nitrogen and oxygen atoms in total. The summed E-state index contributed by atoms with van der Waals surface area (Å²) in [6.45, 7) is 5.83. The molecule has 0 radical (unpaired) electrons. The molecule has 3 heteroatoms. The lowest BCUT2D eigenvalue weighted by molar-refractivity contribution is 1.18. The van der Waals surface area contributed by atoms with Gasteiger partial charge in [-0.15, -0.1) is 0 Å². The van der Waals surface area contributed by atoms with E-state index < -0.39 is 0 Å². The van der Waals surface area contributed by atoms with Crippen molar-refractivity contribution in [1.82, 2.24) is 4.98 Å². The van der Waals surface area contributed by atoms with E-state index in [-0.39, 0.29) is 0 Å². The van der Waals surface area contributed by atoms with E-state index in [1.807, 2.05) is 32.9 Å². The van der Waals surface area contributed by atoms with Gasteiger partial charge in [-0.25, -0.2) is 0 Å². The van der Waals surface area contributed by atoms with Crippen molar-refractivity contribution < 1.29 is 0 Å². The average molecular weight is 163 g/mol. The zero-order valence-electron chi connectivity index (χ0n) is 7.63. The quantitative estimate of drug-likeness (QED) is 0.536. The van der Waals surface area contributed by atoms with Gasteiger partial charge in [-0.2, -0.15) is 5.10 Å². The van der Waals surface area contributed by atoms with Crippen LogP contribution < -0.4 is 5.43 Å². The van der Waals surface area contributed by atoms with Crippen LogP contribution in [0.2, 0.25) is 0 Å². The molecule has 0 bridgehead atoms. The first-order chi connectivity index (χ1) is 5.68. The fourth-order valence-electron chi connectivity index (χ4n) is 0.710. The molecule has 1 rings (SSSR count). The molecular weight excluding hydrogens is 150 g/mol. The lowest BCUT2D eigenvalue weighted by Crippen LogP contribution is -1.93. The molecule has 0 aliphatic rings. The molecule has 0 unspecified atom stereocenters. The second-order valence-electron chi connectivity index (χ2n) is 2.86. The smallest absolute Gasteiger partial charge is 0.0745 e. The summed E-state index contributed by atoms with van der Waals surface area (Å²) in [4.78, 5) is 4.13. The second-order valence-corrected chi connectivity index (χ2v) is 2.86. The van der Waals surface area contributed by atoms with Crippen LogP contribution in [0.3, 0.4) is 0 Å². The van der Waals surface area contributed by atoms with E-state index in [4.69, 9.17) is 0 Å². The minimum atomic E-state index is 0.918. The van der Waals surface area contributed by atoms with Gasteiger partial charge in [-0.05, 0) is 32.9 Å². The van der Waals surface area contributed by atoms with Gasteiger partial charge in [0.05, 0.1) is 11.9 Å². The van der Waals surface area contributed by atoms with Gasteiger partial charge in [0, 0.05) is 11.4 Å². The molecule has 0 saturated carbocycles. The predicted octanol–water partition coefficient (Wildman–Crippen LogP) is 2.20. The summed E-state index contributed by atoms with van der Waals surface area (Å²) in [6.07, 6.45) is 1.77. The number of hydrogen-bond acceptors (Lipinski definition) is 3. The fraction of sp³-hybridized carbons (Fsp3) is 0.333. The third-order valence-corrected chi connectivity index (χ3v) is 1.32. The van der Waals surface area contributed by atoms with Crippen molar-refractivity contribution in [3.05, 3.63) is 24.0 Å². The van der Waals surface area contributed by atoms with Crippen molar-refractivity contribution in [2.24, 2.45) is 5.10 Å². The summed E-state index contributed by atoms with van der Waals surface area (Å²) in [5, 5.41) is 4.05. The van der Waals surface area contributed by atoms with Gasteiger partial charge in [-0.1, -0.05) is 0 Å². The number of rotatable bonds is 2. The third-order valence-electron chi connectivity index (χ3n) is 1.32. The Morgan fingerprint density at radius 2 is 2.17 bits per heavy atom. The van der Waals surface area contributed by atoms with Crippen molar-refractivity contribution in [1.29, 1.82) is 0 Å². The second kappa shape index (κ2) is 3.85. The molecule has 1 aromatic heterocycles. The number of aromatic nitrogens is 1. The summed E-state index contributed by atoms with van der Waals surface area (Å²) < 4.78 is 0. The Morgan fingerprint density at radius 3 is 2.67 bits per heavy atom. The highest BCUT2D eigenvalue weighted by Gasteiger charge is 1.88. The Labute approximate surface area is 72.5 Å². The molecule has 0 aromatic carbocycles. The molecule has 0 spiro atoms. The Morgan fingerprint density at radius 1 is 1.42 bits per heavy atom. The van der Waals surface area contributed by atoms with E-state index in [0.717, 1.165) is 17.1 Å². The summed E-state index contributed by atoms with van der Waals surface area (Å²) in [5.41, 5.74) is 5.82. The van der Waals surface area contributed by atoms with Crippen molar-refractivity contribution in [2.75, 3.05) is 5.43 Å². The Kier molecular flexibility index (Phi) is 2.80. The highest BCUT2D eigenvalue weighted by Crippen LogP contribution is 2.04. The molecule has 0 fully saturated rings. The highest BCUT2D eigenvalue weighted by molar-refractivity contribution is 5.79.